The number of hydrogen-bond acceptors (Lipinski definition) is 4. The topological polar surface area (TPSA) is 52.6 Å². The summed E-state index contributed by atoms with van der Waals surface area (Å²) in [5.41, 5.74) is 0.176. The van der Waals surface area contributed by atoms with Gasteiger partial charge in [-0.15, -0.1) is 0 Å². The molecule has 0 radical (unpaired) electrons. The quantitative estimate of drug-likeness (QED) is 0.559. The number of halogens is 1. The molecule has 0 N–H and O–H groups in total. The third kappa shape index (κ3) is 8.33. The van der Waals surface area contributed by atoms with Crippen LogP contribution in [0, 0.1) is 17.2 Å². The van der Waals surface area contributed by atoms with E-state index in [1.165, 1.54) is 18.2 Å². The van der Waals surface area contributed by atoms with Crippen molar-refractivity contribution in [1.82, 2.24) is 0 Å². The second kappa shape index (κ2) is 8.65. The monoisotopic (exact) mass is 324 g/mol. The molecule has 0 amide bonds. The lowest BCUT2D eigenvalue weighted by atomic mass is 9.86. The fourth-order valence-corrected chi connectivity index (χ4v) is 2.32. The molecule has 0 aliphatic rings. The SMILES string of the molecule is CC(COC(=O)CCC(=O)Oc1ccccc1F)CC(C)(C)C. The Hall–Kier alpha value is -1.91. The van der Waals surface area contributed by atoms with Gasteiger partial charge >= 0.3 is 11.9 Å². The van der Waals surface area contributed by atoms with Crippen molar-refractivity contribution in [2.45, 2.75) is 47.0 Å². The van der Waals surface area contributed by atoms with E-state index in [4.69, 9.17) is 9.47 Å². The number of hydrogen-bond donors (Lipinski definition) is 0. The highest BCUT2D eigenvalue weighted by molar-refractivity contribution is 5.79. The van der Waals surface area contributed by atoms with Crippen molar-refractivity contribution in [3.05, 3.63) is 30.1 Å². The number of esters is 2. The Morgan fingerprint density at radius 2 is 1.74 bits per heavy atom. The van der Waals surface area contributed by atoms with Crippen LogP contribution in [0.5, 0.6) is 5.75 Å². The van der Waals surface area contributed by atoms with Crippen molar-refractivity contribution < 1.29 is 23.5 Å². The predicted octanol–water partition coefficient (Wildman–Crippen LogP) is 4.13. The smallest absolute Gasteiger partial charge is 0.311 e. The highest BCUT2D eigenvalue weighted by atomic mass is 19.1. The number of carbonyl (C=O) groups excluding carboxylic acids is 2. The summed E-state index contributed by atoms with van der Waals surface area (Å²) in [6.07, 6.45) is 0.728. The van der Waals surface area contributed by atoms with Crippen LogP contribution in [0.1, 0.15) is 47.0 Å². The van der Waals surface area contributed by atoms with Gasteiger partial charge in [0, 0.05) is 0 Å². The molecule has 1 aromatic rings. The second-order valence-electron chi connectivity index (χ2n) is 6.96. The fraction of sp³-hybridized carbons (Fsp3) is 0.556. The van der Waals surface area contributed by atoms with Crippen LogP contribution in [0.15, 0.2) is 24.3 Å². The highest BCUT2D eigenvalue weighted by Crippen LogP contribution is 2.24. The van der Waals surface area contributed by atoms with E-state index in [-0.39, 0.29) is 29.9 Å². The van der Waals surface area contributed by atoms with E-state index in [1.54, 1.807) is 6.07 Å². The van der Waals surface area contributed by atoms with E-state index in [0.717, 1.165) is 6.42 Å². The number of para-hydroxylation sites is 1. The Bertz CT molecular complexity index is 534. The van der Waals surface area contributed by atoms with E-state index in [1.807, 2.05) is 6.92 Å². The van der Waals surface area contributed by atoms with Gasteiger partial charge in [-0.1, -0.05) is 39.8 Å². The van der Waals surface area contributed by atoms with E-state index in [9.17, 15) is 14.0 Å². The van der Waals surface area contributed by atoms with Gasteiger partial charge in [-0.2, -0.15) is 0 Å². The van der Waals surface area contributed by atoms with Gasteiger partial charge in [0.2, 0.25) is 0 Å². The summed E-state index contributed by atoms with van der Waals surface area (Å²) in [6.45, 7) is 8.74. The Labute approximate surface area is 137 Å². The van der Waals surface area contributed by atoms with Crippen LogP contribution in [0.2, 0.25) is 0 Å². The molecule has 1 atom stereocenters. The van der Waals surface area contributed by atoms with Crippen molar-refractivity contribution in [3.63, 3.8) is 0 Å². The molecule has 0 spiro atoms. The van der Waals surface area contributed by atoms with Crippen LogP contribution >= 0.6 is 0 Å². The first kappa shape index (κ1) is 19.1. The third-order valence-electron chi connectivity index (χ3n) is 3.08. The summed E-state index contributed by atoms with van der Waals surface area (Å²) in [6, 6.07) is 5.63. The summed E-state index contributed by atoms with van der Waals surface area (Å²) in [4.78, 5) is 23.2. The molecule has 5 heteroatoms. The van der Waals surface area contributed by atoms with Crippen molar-refractivity contribution in [1.29, 1.82) is 0 Å². The summed E-state index contributed by atoms with van der Waals surface area (Å²) in [5, 5.41) is 0. The molecular formula is C18H25FO4. The first-order valence-corrected chi connectivity index (χ1v) is 7.78. The lowest BCUT2D eigenvalue weighted by Crippen LogP contribution is -2.18. The van der Waals surface area contributed by atoms with Crippen LogP contribution in [0.25, 0.3) is 0 Å². The Morgan fingerprint density at radius 3 is 2.35 bits per heavy atom. The molecule has 1 rings (SSSR count). The van der Waals surface area contributed by atoms with Gasteiger partial charge in [0.25, 0.3) is 0 Å². The molecule has 0 saturated carbocycles. The minimum Gasteiger partial charge on any atom is -0.465 e. The van der Waals surface area contributed by atoms with Crippen LogP contribution < -0.4 is 4.74 Å². The van der Waals surface area contributed by atoms with E-state index >= 15 is 0 Å². The second-order valence-corrected chi connectivity index (χ2v) is 6.96. The van der Waals surface area contributed by atoms with Gasteiger partial charge < -0.3 is 9.47 Å². The van der Waals surface area contributed by atoms with E-state index in [0.29, 0.717) is 6.61 Å². The zero-order chi connectivity index (χ0) is 17.5. The standard InChI is InChI=1S/C18H25FO4/c1-13(11-18(2,3)4)12-22-16(20)9-10-17(21)23-15-8-6-5-7-14(15)19/h5-8,13H,9-12H2,1-4H3. The average molecular weight is 324 g/mol. The molecule has 128 valence electrons. The molecule has 0 aliphatic heterocycles. The Balaban J connectivity index is 2.28. The lowest BCUT2D eigenvalue weighted by Gasteiger charge is -2.22. The highest BCUT2D eigenvalue weighted by Gasteiger charge is 2.17. The molecule has 23 heavy (non-hydrogen) atoms. The van der Waals surface area contributed by atoms with Crippen LogP contribution in [-0.4, -0.2) is 18.5 Å². The van der Waals surface area contributed by atoms with Crippen LogP contribution in [0.3, 0.4) is 0 Å². The molecule has 0 saturated heterocycles. The van der Waals surface area contributed by atoms with Gasteiger partial charge in [0.15, 0.2) is 11.6 Å². The van der Waals surface area contributed by atoms with Gasteiger partial charge in [-0.3, -0.25) is 9.59 Å². The first-order chi connectivity index (χ1) is 10.7. The molecule has 0 aromatic heterocycles. The van der Waals surface area contributed by atoms with Gasteiger partial charge in [0.05, 0.1) is 19.4 Å². The minimum atomic E-state index is -0.658. The van der Waals surface area contributed by atoms with Gasteiger partial charge in [0.1, 0.15) is 0 Å². The van der Waals surface area contributed by atoms with E-state index < -0.39 is 17.8 Å². The zero-order valence-corrected chi connectivity index (χ0v) is 14.2. The van der Waals surface area contributed by atoms with Crippen LogP contribution in [0.4, 0.5) is 4.39 Å². The minimum absolute atomic E-state index is 0.0739. The Morgan fingerprint density at radius 1 is 1.13 bits per heavy atom. The lowest BCUT2D eigenvalue weighted by molar-refractivity contribution is -0.148. The predicted molar refractivity (Wildman–Crippen MR) is 85.5 cm³/mol. The molecule has 0 bridgehead atoms. The number of carbonyl (C=O) groups is 2. The summed E-state index contributed by atoms with van der Waals surface area (Å²) in [7, 11) is 0. The van der Waals surface area contributed by atoms with Crippen LogP contribution in [-0.2, 0) is 14.3 Å². The third-order valence-corrected chi connectivity index (χ3v) is 3.08. The zero-order valence-electron chi connectivity index (χ0n) is 14.2. The average Bonchev–Trinajstić information content (AvgIpc) is 2.43. The van der Waals surface area contributed by atoms with Gasteiger partial charge in [-0.05, 0) is 29.9 Å². The Kier molecular flexibility index (Phi) is 7.20. The summed E-state index contributed by atoms with van der Waals surface area (Å²) in [5.74, 6) is -1.60. The number of rotatable bonds is 7. The first-order valence-electron chi connectivity index (χ1n) is 7.78. The largest absolute Gasteiger partial charge is 0.465 e. The number of ether oxygens (including phenoxy) is 2. The molecule has 1 aromatic carbocycles. The van der Waals surface area contributed by atoms with Crippen molar-refractivity contribution in [2.24, 2.45) is 11.3 Å². The molecular weight excluding hydrogens is 299 g/mol. The van der Waals surface area contributed by atoms with Crippen molar-refractivity contribution >= 4 is 11.9 Å². The molecule has 0 aliphatic carbocycles. The molecule has 0 heterocycles. The molecule has 0 fully saturated rings. The maximum absolute atomic E-state index is 13.3. The van der Waals surface area contributed by atoms with E-state index in [2.05, 4.69) is 20.8 Å². The number of benzene rings is 1. The summed E-state index contributed by atoms with van der Waals surface area (Å²) < 4.78 is 23.3. The molecule has 4 nitrogen and oxygen atoms in total. The maximum atomic E-state index is 13.3. The normalized spacial score (nSPS) is 12.6. The molecule has 1 unspecified atom stereocenters. The van der Waals surface area contributed by atoms with Crippen molar-refractivity contribution in [3.8, 4) is 5.75 Å². The fourth-order valence-electron chi connectivity index (χ4n) is 2.32. The maximum Gasteiger partial charge on any atom is 0.311 e. The summed E-state index contributed by atoms with van der Waals surface area (Å²) >= 11 is 0. The van der Waals surface area contributed by atoms with Gasteiger partial charge in [-0.25, -0.2) is 4.39 Å². The van der Waals surface area contributed by atoms with Crippen molar-refractivity contribution in [2.75, 3.05) is 6.61 Å².